The van der Waals surface area contributed by atoms with Crippen molar-refractivity contribution in [2.45, 2.75) is 25.2 Å². The van der Waals surface area contributed by atoms with Gasteiger partial charge < -0.3 is 4.74 Å². The summed E-state index contributed by atoms with van der Waals surface area (Å²) >= 11 is 0. The van der Waals surface area contributed by atoms with Crippen LogP contribution in [0.1, 0.15) is 29.5 Å². The lowest BCUT2D eigenvalue weighted by Gasteiger charge is -2.12. The van der Waals surface area contributed by atoms with Crippen molar-refractivity contribution >= 4 is 5.84 Å². The third-order valence-corrected chi connectivity index (χ3v) is 4.15. The highest BCUT2D eigenvalue weighted by Gasteiger charge is 2.31. The van der Waals surface area contributed by atoms with E-state index >= 15 is 0 Å². The molecule has 0 amide bonds. The van der Waals surface area contributed by atoms with Crippen LogP contribution >= 0.6 is 0 Å². The highest BCUT2D eigenvalue weighted by molar-refractivity contribution is 5.98. The Kier molecular flexibility index (Phi) is 4.47. The summed E-state index contributed by atoms with van der Waals surface area (Å²) in [6.45, 7) is 0.772. The van der Waals surface area contributed by atoms with Gasteiger partial charge in [-0.2, -0.15) is 0 Å². The standard InChI is InChI=1S/C20H17FN2O2/c21-17-4-1-3-15(13-17)7-6-14-8-10-16(11-9-14)19-22-20(25-23-19)18-5-2-12-24-18/h1,3-4,8-11,13,18,20H,2,5,12H2,(H,22,23). The zero-order valence-electron chi connectivity index (χ0n) is 13.5. The maximum atomic E-state index is 13.2. The molecule has 0 saturated carbocycles. The molecule has 1 N–H and O–H groups in total. The number of hydroxylamine groups is 1. The van der Waals surface area contributed by atoms with Gasteiger partial charge in [0.05, 0.1) is 0 Å². The molecule has 0 aromatic heterocycles. The first-order chi connectivity index (χ1) is 12.3. The second-order valence-corrected chi connectivity index (χ2v) is 5.98. The van der Waals surface area contributed by atoms with Gasteiger partial charge in [-0.25, -0.2) is 19.7 Å². The first-order valence-electron chi connectivity index (χ1n) is 8.27. The molecule has 4 rings (SSSR count). The summed E-state index contributed by atoms with van der Waals surface area (Å²) in [6, 6.07) is 13.9. The van der Waals surface area contributed by atoms with Crippen LogP contribution in [0.5, 0.6) is 0 Å². The van der Waals surface area contributed by atoms with E-state index in [0.29, 0.717) is 11.4 Å². The molecule has 0 aliphatic carbocycles. The first kappa shape index (κ1) is 15.8. The van der Waals surface area contributed by atoms with Crippen molar-refractivity contribution in [2.75, 3.05) is 6.61 Å². The Morgan fingerprint density at radius 2 is 1.92 bits per heavy atom. The van der Waals surface area contributed by atoms with E-state index < -0.39 is 0 Å². The van der Waals surface area contributed by atoms with E-state index in [1.165, 1.54) is 12.1 Å². The fourth-order valence-corrected chi connectivity index (χ4v) is 2.84. The van der Waals surface area contributed by atoms with Gasteiger partial charge in [0.2, 0.25) is 6.23 Å². The van der Waals surface area contributed by atoms with Crippen molar-refractivity contribution in [2.24, 2.45) is 4.99 Å². The molecular formula is C20H17FN2O2. The van der Waals surface area contributed by atoms with Crippen molar-refractivity contribution in [3.8, 4) is 11.8 Å². The normalized spacial score (nSPS) is 22.0. The lowest BCUT2D eigenvalue weighted by molar-refractivity contribution is -0.0532. The van der Waals surface area contributed by atoms with Gasteiger partial charge in [-0.1, -0.05) is 17.9 Å². The molecule has 126 valence electrons. The number of hydrogen-bond donors (Lipinski definition) is 1. The maximum absolute atomic E-state index is 13.2. The van der Waals surface area contributed by atoms with Crippen LogP contribution in [0.25, 0.3) is 0 Å². The predicted octanol–water partition coefficient (Wildman–Crippen LogP) is 3.01. The lowest BCUT2D eigenvalue weighted by Crippen LogP contribution is -2.26. The van der Waals surface area contributed by atoms with Gasteiger partial charge in [0.15, 0.2) is 5.84 Å². The highest BCUT2D eigenvalue weighted by atomic mass is 19.1. The van der Waals surface area contributed by atoms with Crippen LogP contribution in [0.15, 0.2) is 53.5 Å². The molecule has 2 atom stereocenters. The highest BCUT2D eigenvalue weighted by Crippen LogP contribution is 2.21. The van der Waals surface area contributed by atoms with Gasteiger partial charge in [0.1, 0.15) is 11.9 Å². The minimum Gasteiger partial charge on any atom is -0.373 e. The van der Waals surface area contributed by atoms with E-state index in [1.807, 2.05) is 24.3 Å². The second kappa shape index (κ2) is 7.06. The van der Waals surface area contributed by atoms with Crippen molar-refractivity contribution < 1.29 is 14.0 Å². The van der Waals surface area contributed by atoms with Gasteiger partial charge in [0, 0.05) is 23.3 Å². The Hall–Kier alpha value is -2.68. The Balaban J connectivity index is 1.46. The van der Waals surface area contributed by atoms with Crippen molar-refractivity contribution in [1.29, 1.82) is 0 Å². The molecule has 25 heavy (non-hydrogen) atoms. The van der Waals surface area contributed by atoms with E-state index in [-0.39, 0.29) is 18.1 Å². The molecular weight excluding hydrogens is 319 g/mol. The lowest BCUT2D eigenvalue weighted by atomic mass is 10.1. The summed E-state index contributed by atoms with van der Waals surface area (Å²) in [4.78, 5) is 10.1. The molecule has 2 heterocycles. The average molecular weight is 336 g/mol. The maximum Gasteiger partial charge on any atom is 0.203 e. The molecule has 2 aromatic rings. The number of nitrogens with one attached hydrogen (secondary N) is 1. The van der Waals surface area contributed by atoms with Crippen molar-refractivity contribution in [1.82, 2.24) is 5.48 Å². The number of amidine groups is 1. The zero-order valence-corrected chi connectivity index (χ0v) is 13.5. The number of rotatable bonds is 2. The number of ether oxygens (including phenoxy) is 1. The van der Waals surface area contributed by atoms with Gasteiger partial charge in [-0.05, 0) is 55.3 Å². The molecule has 2 aliphatic rings. The van der Waals surface area contributed by atoms with E-state index in [1.54, 1.807) is 12.1 Å². The summed E-state index contributed by atoms with van der Waals surface area (Å²) in [5.74, 6) is 6.40. The number of benzene rings is 2. The quantitative estimate of drug-likeness (QED) is 0.858. The van der Waals surface area contributed by atoms with E-state index in [2.05, 4.69) is 22.3 Å². The predicted molar refractivity (Wildman–Crippen MR) is 92.3 cm³/mol. The topological polar surface area (TPSA) is 42.9 Å². The SMILES string of the molecule is Fc1cccc(C#Cc2ccc(C3=NC(C4CCCO4)ON3)cc2)c1. The van der Waals surface area contributed by atoms with Crippen LogP contribution in [-0.2, 0) is 9.57 Å². The van der Waals surface area contributed by atoms with Crippen LogP contribution in [-0.4, -0.2) is 24.8 Å². The van der Waals surface area contributed by atoms with Gasteiger partial charge in [-0.15, -0.1) is 0 Å². The van der Waals surface area contributed by atoms with Crippen LogP contribution in [0.3, 0.4) is 0 Å². The largest absolute Gasteiger partial charge is 0.373 e. The third-order valence-electron chi connectivity index (χ3n) is 4.15. The van der Waals surface area contributed by atoms with Crippen LogP contribution < -0.4 is 5.48 Å². The Labute approximate surface area is 145 Å². The Morgan fingerprint density at radius 3 is 2.68 bits per heavy atom. The summed E-state index contributed by atoms with van der Waals surface area (Å²) in [6.07, 6.45) is 1.76. The first-order valence-corrected chi connectivity index (χ1v) is 8.27. The minimum absolute atomic E-state index is 0.0291. The van der Waals surface area contributed by atoms with E-state index in [9.17, 15) is 4.39 Å². The van der Waals surface area contributed by atoms with Gasteiger partial charge in [-0.3, -0.25) is 0 Å². The molecule has 5 heteroatoms. The zero-order chi connectivity index (χ0) is 17.1. The molecule has 0 bridgehead atoms. The monoisotopic (exact) mass is 336 g/mol. The fourth-order valence-electron chi connectivity index (χ4n) is 2.84. The van der Waals surface area contributed by atoms with Crippen LogP contribution in [0.4, 0.5) is 4.39 Å². The third kappa shape index (κ3) is 3.71. The Morgan fingerprint density at radius 1 is 1.08 bits per heavy atom. The number of aliphatic imine (C=N–C) groups is 1. The summed E-state index contributed by atoms with van der Waals surface area (Å²) in [5.41, 5.74) is 5.31. The fraction of sp³-hybridized carbons (Fsp3) is 0.250. The van der Waals surface area contributed by atoms with Crippen LogP contribution in [0, 0.1) is 17.7 Å². The van der Waals surface area contributed by atoms with E-state index in [4.69, 9.17) is 9.57 Å². The summed E-state index contributed by atoms with van der Waals surface area (Å²) in [7, 11) is 0. The molecule has 0 radical (unpaired) electrons. The average Bonchev–Trinajstić information content (AvgIpc) is 3.32. The molecule has 2 unspecified atom stereocenters. The molecule has 2 aromatic carbocycles. The smallest absolute Gasteiger partial charge is 0.203 e. The molecule has 2 aliphatic heterocycles. The minimum atomic E-state index is -0.287. The molecule has 0 spiro atoms. The second-order valence-electron chi connectivity index (χ2n) is 5.98. The number of nitrogens with zero attached hydrogens (tertiary/aromatic N) is 1. The number of hydrogen-bond acceptors (Lipinski definition) is 4. The summed E-state index contributed by atoms with van der Waals surface area (Å²) in [5, 5.41) is 0. The molecule has 4 nitrogen and oxygen atoms in total. The summed E-state index contributed by atoms with van der Waals surface area (Å²) < 4.78 is 18.8. The molecule has 1 saturated heterocycles. The number of halogens is 1. The van der Waals surface area contributed by atoms with Crippen molar-refractivity contribution in [3.05, 3.63) is 71.0 Å². The van der Waals surface area contributed by atoms with Crippen LogP contribution in [0.2, 0.25) is 0 Å². The van der Waals surface area contributed by atoms with E-state index in [0.717, 1.165) is 30.6 Å². The molecule has 1 fully saturated rings. The Bertz CT molecular complexity index is 846. The van der Waals surface area contributed by atoms with Gasteiger partial charge in [0.25, 0.3) is 0 Å². The van der Waals surface area contributed by atoms with Crippen molar-refractivity contribution in [3.63, 3.8) is 0 Å². The van der Waals surface area contributed by atoms with Gasteiger partial charge >= 0.3 is 0 Å².